The molecule has 2 amide bonds. The van der Waals surface area contributed by atoms with Crippen molar-refractivity contribution in [1.82, 2.24) is 25.1 Å². The molecule has 4 heterocycles. The van der Waals surface area contributed by atoms with Gasteiger partial charge in [0.1, 0.15) is 17.0 Å². The van der Waals surface area contributed by atoms with Crippen LogP contribution in [0.3, 0.4) is 0 Å². The van der Waals surface area contributed by atoms with Crippen molar-refractivity contribution in [3.8, 4) is 0 Å². The number of nitrogens with one attached hydrogen (secondary N) is 1. The van der Waals surface area contributed by atoms with Gasteiger partial charge in [0, 0.05) is 39.3 Å². The lowest BCUT2D eigenvalue weighted by Gasteiger charge is -2.35. The fourth-order valence-electron chi connectivity index (χ4n) is 3.66. The maximum atomic E-state index is 12.2. The molecule has 1 N–H and O–H groups in total. The van der Waals surface area contributed by atoms with Gasteiger partial charge in [0.05, 0.1) is 18.5 Å². The molecular formula is C18H24N6O2S. The summed E-state index contributed by atoms with van der Waals surface area (Å²) in [5.74, 6) is 0.911. The Hall–Kier alpha value is -2.26. The van der Waals surface area contributed by atoms with Gasteiger partial charge >= 0.3 is 0 Å². The van der Waals surface area contributed by atoms with Crippen LogP contribution in [0.1, 0.15) is 12.8 Å². The second-order valence-corrected chi connectivity index (χ2v) is 7.86. The van der Waals surface area contributed by atoms with Gasteiger partial charge in [-0.3, -0.25) is 14.5 Å². The third-order valence-electron chi connectivity index (χ3n) is 5.18. The molecule has 9 heteroatoms. The van der Waals surface area contributed by atoms with E-state index < -0.39 is 0 Å². The topological polar surface area (TPSA) is 81.7 Å². The van der Waals surface area contributed by atoms with E-state index in [1.807, 2.05) is 10.3 Å². The van der Waals surface area contributed by atoms with Gasteiger partial charge in [0.2, 0.25) is 11.8 Å². The minimum absolute atomic E-state index is 0.0224. The van der Waals surface area contributed by atoms with E-state index in [0.717, 1.165) is 68.1 Å². The minimum Gasteiger partial charge on any atom is -0.353 e. The zero-order chi connectivity index (χ0) is 18.6. The molecule has 2 fully saturated rings. The first-order valence-corrected chi connectivity index (χ1v) is 10.3. The highest BCUT2D eigenvalue weighted by Gasteiger charge is 2.22. The Balaban J connectivity index is 1.24. The van der Waals surface area contributed by atoms with Crippen LogP contribution < -0.4 is 10.2 Å². The Morgan fingerprint density at radius 3 is 2.63 bits per heavy atom. The second kappa shape index (κ2) is 8.18. The number of carbonyl (C=O) groups excluding carboxylic acids is 2. The maximum Gasteiger partial charge on any atom is 0.241 e. The monoisotopic (exact) mass is 388 g/mol. The smallest absolute Gasteiger partial charge is 0.241 e. The number of hydrogen-bond acceptors (Lipinski definition) is 7. The fraction of sp³-hybridized carbons (Fsp3) is 0.556. The SMILES string of the molecule is O=C(CN1CCN(c2ncnc3sccc23)CC1)NCC(=O)N1CCCC1. The van der Waals surface area contributed by atoms with Gasteiger partial charge in [-0.15, -0.1) is 11.3 Å². The number of anilines is 1. The van der Waals surface area contributed by atoms with Crippen molar-refractivity contribution >= 4 is 39.2 Å². The molecule has 27 heavy (non-hydrogen) atoms. The zero-order valence-electron chi connectivity index (χ0n) is 15.3. The molecule has 0 spiro atoms. The fourth-order valence-corrected chi connectivity index (χ4v) is 4.39. The van der Waals surface area contributed by atoms with Crippen molar-refractivity contribution in [3.05, 3.63) is 17.8 Å². The molecule has 0 aromatic carbocycles. The van der Waals surface area contributed by atoms with E-state index in [-0.39, 0.29) is 18.4 Å². The van der Waals surface area contributed by atoms with Gasteiger partial charge in [0.15, 0.2) is 0 Å². The molecule has 0 unspecified atom stereocenters. The lowest BCUT2D eigenvalue weighted by molar-refractivity contribution is -0.132. The maximum absolute atomic E-state index is 12.2. The molecular weight excluding hydrogens is 364 g/mol. The van der Waals surface area contributed by atoms with Crippen LogP contribution in [-0.2, 0) is 9.59 Å². The molecule has 2 aromatic rings. The van der Waals surface area contributed by atoms with E-state index >= 15 is 0 Å². The van der Waals surface area contributed by atoms with Gasteiger partial charge in [0.25, 0.3) is 0 Å². The minimum atomic E-state index is -0.0849. The summed E-state index contributed by atoms with van der Waals surface area (Å²) in [4.78, 5) is 40.1. The molecule has 0 bridgehead atoms. The lowest BCUT2D eigenvalue weighted by Crippen LogP contribution is -2.50. The predicted molar refractivity (Wildman–Crippen MR) is 105 cm³/mol. The van der Waals surface area contributed by atoms with Crippen molar-refractivity contribution in [3.63, 3.8) is 0 Å². The number of thiophene rings is 1. The van der Waals surface area contributed by atoms with Gasteiger partial charge in [-0.05, 0) is 24.3 Å². The molecule has 8 nitrogen and oxygen atoms in total. The van der Waals surface area contributed by atoms with Gasteiger partial charge in [-0.25, -0.2) is 9.97 Å². The van der Waals surface area contributed by atoms with Crippen LogP contribution in [0.2, 0.25) is 0 Å². The van der Waals surface area contributed by atoms with E-state index in [1.165, 1.54) is 0 Å². The number of piperazine rings is 1. The zero-order valence-corrected chi connectivity index (χ0v) is 16.1. The number of hydrogen-bond donors (Lipinski definition) is 1. The van der Waals surface area contributed by atoms with E-state index in [9.17, 15) is 9.59 Å². The summed E-state index contributed by atoms with van der Waals surface area (Å²) < 4.78 is 0. The van der Waals surface area contributed by atoms with Crippen LogP contribution in [0, 0.1) is 0 Å². The Labute approximate surface area is 162 Å². The largest absolute Gasteiger partial charge is 0.353 e. The van der Waals surface area contributed by atoms with Crippen LogP contribution in [0.25, 0.3) is 10.2 Å². The average molecular weight is 388 g/mol. The van der Waals surface area contributed by atoms with E-state index in [4.69, 9.17) is 0 Å². The average Bonchev–Trinajstić information content (AvgIpc) is 3.38. The van der Waals surface area contributed by atoms with Crippen LogP contribution >= 0.6 is 11.3 Å². The second-order valence-electron chi connectivity index (χ2n) is 6.96. The molecule has 0 saturated carbocycles. The molecule has 0 aliphatic carbocycles. The Morgan fingerprint density at radius 2 is 1.85 bits per heavy atom. The molecule has 0 atom stereocenters. The standard InChI is InChI=1S/C18H24N6O2S/c25-15(19-11-16(26)23-4-1-2-5-23)12-22-6-8-24(9-7-22)17-14-3-10-27-18(14)21-13-20-17/h3,10,13H,1-2,4-9,11-12H2,(H,19,25). The van der Waals surface area contributed by atoms with Crippen molar-refractivity contribution in [2.45, 2.75) is 12.8 Å². The summed E-state index contributed by atoms with van der Waals surface area (Å²) in [6, 6.07) is 2.06. The molecule has 2 saturated heterocycles. The number of amides is 2. The highest BCUT2D eigenvalue weighted by Crippen LogP contribution is 2.27. The lowest BCUT2D eigenvalue weighted by atomic mass is 10.2. The quantitative estimate of drug-likeness (QED) is 0.806. The Bertz CT molecular complexity index is 811. The normalized spacial score (nSPS) is 18.2. The Kier molecular flexibility index (Phi) is 5.49. The molecule has 4 rings (SSSR count). The number of carbonyl (C=O) groups is 2. The number of fused-ring (bicyclic) bond motifs is 1. The molecule has 2 aliphatic rings. The van der Waals surface area contributed by atoms with Crippen LogP contribution in [0.15, 0.2) is 17.8 Å². The summed E-state index contributed by atoms with van der Waals surface area (Å²) in [5.41, 5.74) is 0. The van der Waals surface area contributed by atoms with Gasteiger partial charge < -0.3 is 15.1 Å². The Morgan fingerprint density at radius 1 is 1.07 bits per heavy atom. The third-order valence-corrected chi connectivity index (χ3v) is 6.00. The molecule has 144 valence electrons. The van der Waals surface area contributed by atoms with E-state index in [1.54, 1.807) is 17.7 Å². The van der Waals surface area contributed by atoms with Crippen molar-refractivity contribution in [1.29, 1.82) is 0 Å². The number of likely N-dealkylation sites (tertiary alicyclic amines) is 1. The summed E-state index contributed by atoms with van der Waals surface area (Å²) in [6.45, 7) is 5.30. The third kappa shape index (κ3) is 4.19. The highest BCUT2D eigenvalue weighted by molar-refractivity contribution is 7.16. The highest BCUT2D eigenvalue weighted by atomic mass is 32.1. The predicted octanol–water partition coefficient (Wildman–Crippen LogP) is 0.552. The summed E-state index contributed by atoms with van der Waals surface area (Å²) in [5, 5.41) is 5.89. The van der Waals surface area contributed by atoms with Crippen molar-refractivity contribution in [2.24, 2.45) is 0 Å². The van der Waals surface area contributed by atoms with E-state index in [2.05, 4.69) is 31.2 Å². The molecule has 2 aliphatic heterocycles. The van der Waals surface area contributed by atoms with Crippen LogP contribution in [-0.4, -0.2) is 83.9 Å². The first kappa shape index (κ1) is 18.1. The van der Waals surface area contributed by atoms with Gasteiger partial charge in [-0.2, -0.15) is 0 Å². The number of rotatable bonds is 5. The first-order chi connectivity index (χ1) is 13.2. The summed E-state index contributed by atoms with van der Waals surface area (Å²) in [6.07, 6.45) is 3.74. The van der Waals surface area contributed by atoms with Crippen LogP contribution in [0.5, 0.6) is 0 Å². The van der Waals surface area contributed by atoms with E-state index in [0.29, 0.717) is 6.54 Å². The van der Waals surface area contributed by atoms with Crippen molar-refractivity contribution in [2.75, 3.05) is 57.3 Å². The van der Waals surface area contributed by atoms with Crippen LogP contribution in [0.4, 0.5) is 5.82 Å². The number of aromatic nitrogens is 2. The summed E-state index contributed by atoms with van der Waals surface area (Å²) in [7, 11) is 0. The molecule has 0 radical (unpaired) electrons. The first-order valence-electron chi connectivity index (χ1n) is 9.41. The van der Waals surface area contributed by atoms with Gasteiger partial charge in [-0.1, -0.05) is 0 Å². The molecule has 2 aromatic heterocycles. The summed E-state index contributed by atoms with van der Waals surface area (Å²) >= 11 is 1.62. The van der Waals surface area contributed by atoms with Crippen molar-refractivity contribution < 1.29 is 9.59 Å². The number of nitrogens with zero attached hydrogens (tertiary/aromatic N) is 5.